The Morgan fingerprint density at radius 1 is 1.17 bits per heavy atom. The SMILES string of the molecule is CCOc1cc2c(cc1NC(=O)c1ccc(CN3CCCCC3)cc1)OC(C)C2. The Morgan fingerprint density at radius 3 is 2.66 bits per heavy atom. The summed E-state index contributed by atoms with van der Waals surface area (Å²) in [5, 5.41) is 3.00. The number of ether oxygens (including phenoxy) is 2. The molecule has 0 bridgehead atoms. The Bertz CT molecular complexity index is 857. The molecular weight excluding hydrogens is 364 g/mol. The van der Waals surface area contributed by atoms with Crippen molar-refractivity contribution < 1.29 is 14.3 Å². The predicted molar refractivity (Wildman–Crippen MR) is 115 cm³/mol. The largest absolute Gasteiger partial charge is 0.492 e. The average molecular weight is 395 g/mol. The first-order valence-electron chi connectivity index (χ1n) is 10.7. The summed E-state index contributed by atoms with van der Waals surface area (Å²) in [6.45, 7) is 7.83. The van der Waals surface area contributed by atoms with Gasteiger partial charge in [-0.3, -0.25) is 9.69 Å². The van der Waals surface area contributed by atoms with Crippen molar-refractivity contribution in [2.75, 3.05) is 25.0 Å². The molecule has 1 fully saturated rings. The van der Waals surface area contributed by atoms with Crippen LogP contribution in [0.3, 0.4) is 0 Å². The van der Waals surface area contributed by atoms with Crippen molar-refractivity contribution in [2.45, 2.75) is 52.2 Å². The van der Waals surface area contributed by atoms with Crippen molar-refractivity contribution in [2.24, 2.45) is 0 Å². The second-order valence-corrected chi connectivity index (χ2v) is 8.01. The Hall–Kier alpha value is -2.53. The van der Waals surface area contributed by atoms with E-state index < -0.39 is 0 Å². The van der Waals surface area contributed by atoms with E-state index in [1.807, 2.05) is 38.1 Å². The summed E-state index contributed by atoms with van der Waals surface area (Å²) in [7, 11) is 0. The monoisotopic (exact) mass is 394 g/mol. The van der Waals surface area contributed by atoms with Gasteiger partial charge >= 0.3 is 0 Å². The molecule has 2 aliphatic rings. The molecule has 0 spiro atoms. The molecule has 2 aliphatic heterocycles. The van der Waals surface area contributed by atoms with Crippen molar-refractivity contribution in [1.29, 1.82) is 0 Å². The molecule has 1 atom stereocenters. The number of fused-ring (bicyclic) bond motifs is 1. The van der Waals surface area contributed by atoms with Crippen LogP contribution < -0.4 is 14.8 Å². The third kappa shape index (κ3) is 4.73. The number of hydrogen-bond donors (Lipinski definition) is 1. The van der Waals surface area contributed by atoms with Gasteiger partial charge in [-0.1, -0.05) is 18.6 Å². The highest BCUT2D eigenvalue weighted by atomic mass is 16.5. The van der Waals surface area contributed by atoms with E-state index in [0.717, 1.165) is 24.3 Å². The van der Waals surface area contributed by atoms with Gasteiger partial charge < -0.3 is 14.8 Å². The lowest BCUT2D eigenvalue weighted by molar-refractivity contribution is 0.102. The normalized spacial score (nSPS) is 18.8. The average Bonchev–Trinajstić information content (AvgIpc) is 3.08. The molecule has 2 aromatic rings. The van der Waals surface area contributed by atoms with E-state index in [1.165, 1.54) is 37.9 Å². The van der Waals surface area contributed by atoms with Gasteiger partial charge in [0.05, 0.1) is 12.3 Å². The maximum absolute atomic E-state index is 12.8. The van der Waals surface area contributed by atoms with Crippen LogP contribution in [-0.2, 0) is 13.0 Å². The van der Waals surface area contributed by atoms with Crippen LogP contribution in [-0.4, -0.2) is 36.6 Å². The lowest BCUT2D eigenvalue weighted by Crippen LogP contribution is -2.29. The zero-order valence-electron chi connectivity index (χ0n) is 17.4. The van der Waals surface area contributed by atoms with Gasteiger partial charge in [-0.05, 0) is 63.5 Å². The lowest BCUT2D eigenvalue weighted by Gasteiger charge is -2.26. The molecule has 154 valence electrons. The van der Waals surface area contributed by atoms with Crippen LogP contribution in [0.15, 0.2) is 36.4 Å². The van der Waals surface area contributed by atoms with Crippen LogP contribution in [0.25, 0.3) is 0 Å². The molecule has 2 heterocycles. The Morgan fingerprint density at radius 2 is 1.93 bits per heavy atom. The molecule has 5 nitrogen and oxygen atoms in total. The minimum absolute atomic E-state index is 0.138. The number of piperidine rings is 1. The summed E-state index contributed by atoms with van der Waals surface area (Å²) in [4.78, 5) is 15.3. The van der Waals surface area contributed by atoms with E-state index in [2.05, 4.69) is 22.3 Å². The van der Waals surface area contributed by atoms with Gasteiger partial charge in [0.2, 0.25) is 0 Å². The fourth-order valence-electron chi connectivity index (χ4n) is 4.14. The number of rotatable bonds is 6. The number of carbonyl (C=O) groups excluding carboxylic acids is 1. The topological polar surface area (TPSA) is 50.8 Å². The summed E-state index contributed by atoms with van der Waals surface area (Å²) in [5.74, 6) is 1.38. The van der Waals surface area contributed by atoms with Crippen molar-refractivity contribution >= 4 is 11.6 Å². The van der Waals surface area contributed by atoms with Gasteiger partial charge in [-0.2, -0.15) is 0 Å². The molecule has 1 unspecified atom stereocenters. The number of likely N-dealkylation sites (tertiary alicyclic amines) is 1. The fraction of sp³-hybridized carbons (Fsp3) is 0.458. The predicted octanol–water partition coefficient (Wildman–Crippen LogP) is 4.65. The highest BCUT2D eigenvalue weighted by molar-refractivity contribution is 6.05. The molecule has 0 aromatic heterocycles. The number of amides is 1. The molecule has 1 N–H and O–H groups in total. The lowest BCUT2D eigenvalue weighted by atomic mass is 10.1. The van der Waals surface area contributed by atoms with Crippen molar-refractivity contribution in [3.8, 4) is 11.5 Å². The highest BCUT2D eigenvalue weighted by Gasteiger charge is 2.23. The first kappa shape index (κ1) is 19.8. The highest BCUT2D eigenvalue weighted by Crippen LogP contribution is 2.38. The number of carbonyl (C=O) groups is 1. The van der Waals surface area contributed by atoms with Crippen molar-refractivity contribution in [3.63, 3.8) is 0 Å². The summed E-state index contributed by atoms with van der Waals surface area (Å²) in [6, 6.07) is 11.8. The van der Waals surface area contributed by atoms with Crippen molar-refractivity contribution in [1.82, 2.24) is 4.90 Å². The first-order valence-corrected chi connectivity index (χ1v) is 10.7. The molecule has 2 aromatic carbocycles. The van der Waals surface area contributed by atoms with E-state index >= 15 is 0 Å². The summed E-state index contributed by atoms with van der Waals surface area (Å²) >= 11 is 0. The molecule has 1 saturated heterocycles. The molecule has 4 rings (SSSR count). The standard InChI is InChI=1S/C24H30N2O3/c1-3-28-23-14-20-13-17(2)29-22(20)15-21(23)25-24(27)19-9-7-18(8-10-19)16-26-11-5-4-6-12-26/h7-10,14-15,17H,3-6,11-13,16H2,1-2H3,(H,25,27). The van der Waals surface area contributed by atoms with Crippen LogP contribution >= 0.6 is 0 Å². The van der Waals surface area contributed by atoms with E-state index in [1.54, 1.807) is 0 Å². The smallest absolute Gasteiger partial charge is 0.255 e. The van der Waals surface area contributed by atoms with Crippen molar-refractivity contribution in [3.05, 3.63) is 53.1 Å². The zero-order valence-corrected chi connectivity index (χ0v) is 17.4. The van der Waals surface area contributed by atoms with Crippen LogP contribution in [0.1, 0.15) is 54.6 Å². The van der Waals surface area contributed by atoms with E-state index in [0.29, 0.717) is 23.6 Å². The number of nitrogens with zero attached hydrogens (tertiary/aromatic N) is 1. The fourth-order valence-corrected chi connectivity index (χ4v) is 4.14. The summed E-state index contributed by atoms with van der Waals surface area (Å²) in [6.07, 6.45) is 4.92. The van der Waals surface area contributed by atoms with E-state index in [-0.39, 0.29) is 12.0 Å². The maximum Gasteiger partial charge on any atom is 0.255 e. The quantitative estimate of drug-likeness (QED) is 0.775. The van der Waals surface area contributed by atoms with Gasteiger partial charge in [-0.25, -0.2) is 0 Å². The third-order valence-corrected chi connectivity index (χ3v) is 5.62. The third-order valence-electron chi connectivity index (χ3n) is 5.62. The molecule has 0 radical (unpaired) electrons. The molecule has 0 saturated carbocycles. The number of hydrogen-bond acceptors (Lipinski definition) is 4. The van der Waals surface area contributed by atoms with Gasteiger partial charge in [0, 0.05) is 30.2 Å². The van der Waals surface area contributed by atoms with Gasteiger partial charge in [-0.15, -0.1) is 0 Å². The van der Waals surface area contributed by atoms with Gasteiger partial charge in [0.25, 0.3) is 5.91 Å². The van der Waals surface area contributed by atoms with E-state index in [9.17, 15) is 4.79 Å². The maximum atomic E-state index is 12.8. The Balaban J connectivity index is 1.45. The van der Waals surface area contributed by atoms with E-state index in [4.69, 9.17) is 9.47 Å². The molecule has 1 amide bonds. The minimum Gasteiger partial charge on any atom is -0.492 e. The van der Waals surface area contributed by atoms with Crippen LogP contribution in [0.2, 0.25) is 0 Å². The van der Waals surface area contributed by atoms with Crippen LogP contribution in [0.5, 0.6) is 11.5 Å². The first-order chi connectivity index (χ1) is 14.1. The van der Waals surface area contributed by atoms with Gasteiger partial charge in [0.15, 0.2) is 0 Å². The summed E-state index contributed by atoms with van der Waals surface area (Å²) < 4.78 is 11.6. The number of nitrogens with one attached hydrogen (secondary N) is 1. The molecule has 29 heavy (non-hydrogen) atoms. The Labute approximate surface area is 173 Å². The molecule has 0 aliphatic carbocycles. The minimum atomic E-state index is -0.138. The second kappa shape index (κ2) is 8.87. The molecule has 5 heteroatoms. The number of benzene rings is 2. The second-order valence-electron chi connectivity index (χ2n) is 8.01. The van der Waals surface area contributed by atoms with Crippen LogP contribution in [0, 0.1) is 0 Å². The molecular formula is C24H30N2O3. The zero-order chi connectivity index (χ0) is 20.2. The number of anilines is 1. The van der Waals surface area contributed by atoms with Crippen LogP contribution in [0.4, 0.5) is 5.69 Å². The van der Waals surface area contributed by atoms with Gasteiger partial charge in [0.1, 0.15) is 17.6 Å². The summed E-state index contributed by atoms with van der Waals surface area (Å²) in [5.41, 5.74) is 3.67. The Kier molecular flexibility index (Phi) is 6.05.